The fourth-order valence-electron chi connectivity index (χ4n) is 2.34. The van der Waals surface area contributed by atoms with Gasteiger partial charge in [0.15, 0.2) is 0 Å². The predicted molar refractivity (Wildman–Crippen MR) is 90.0 cm³/mol. The minimum atomic E-state index is -0.148. The molecule has 0 bridgehead atoms. The first-order chi connectivity index (χ1) is 10.6. The van der Waals surface area contributed by atoms with E-state index in [4.69, 9.17) is 0 Å². The molecule has 3 rings (SSSR count). The Kier molecular flexibility index (Phi) is 3.85. The van der Waals surface area contributed by atoms with Crippen molar-refractivity contribution in [3.8, 4) is 0 Å². The highest BCUT2D eigenvalue weighted by molar-refractivity contribution is 9.10. The predicted octanol–water partition coefficient (Wildman–Crippen LogP) is 2.74. The first-order valence-corrected chi connectivity index (χ1v) is 7.54. The van der Waals surface area contributed by atoms with Gasteiger partial charge in [0, 0.05) is 23.9 Å². The summed E-state index contributed by atoms with van der Waals surface area (Å²) < 4.78 is 4.12. The van der Waals surface area contributed by atoms with Crippen LogP contribution >= 0.6 is 15.9 Å². The molecule has 1 aromatic carbocycles. The van der Waals surface area contributed by atoms with Crippen LogP contribution in [0.1, 0.15) is 0 Å². The molecule has 22 heavy (non-hydrogen) atoms. The molecule has 0 atom stereocenters. The Morgan fingerprint density at radius 3 is 2.73 bits per heavy atom. The van der Waals surface area contributed by atoms with Crippen LogP contribution in [0.2, 0.25) is 0 Å². The lowest BCUT2D eigenvalue weighted by atomic mass is 10.3. The number of nitrogens with one attached hydrogen (secondary N) is 1. The first-order valence-electron chi connectivity index (χ1n) is 6.75. The summed E-state index contributed by atoms with van der Waals surface area (Å²) in [6, 6.07) is 11.0. The average Bonchev–Trinajstić information content (AvgIpc) is 2.89. The second-order valence-corrected chi connectivity index (χ2v) is 5.86. The third-order valence-corrected chi connectivity index (χ3v) is 4.17. The zero-order valence-corrected chi connectivity index (χ0v) is 13.5. The molecule has 0 radical (unpaired) electrons. The van der Waals surface area contributed by atoms with Crippen LogP contribution in [0.5, 0.6) is 0 Å². The number of carbonyl (C=O) groups excluding carboxylic acids is 1. The molecule has 5 nitrogen and oxygen atoms in total. The molecular formula is C16H14BrN3O2. The molecule has 1 N–H and O–H groups in total. The number of amides is 1. The lowest BCUT2D eigenvalue weighted by Gasteiger charge is -2.09. The topological polar surface area (TPSA) is 56.0 Å². The van der Waals surface area contributed by atoms with Gasteiger partial charge in [0.05, 0.1) is 16.6 Å². The maximum Gasteiger partial charge on any atom is 0.259 e. The minimum absolute atomic E-state index is 0.0672. The standard InChI is InChI=1S/C16H14BrN3O2/c1-19-8-7-14-11(16(19)22)6-9-20(14)10-15(21)18-13-5-3-2-4-12(13)17/h2-9H,10H2,1H3,(H,18,21). The van der Waals surface area contributed by atoms with Crippen molar-refractivity contribution in [2.24, 2.45) is 7.05 Å². The number of aryl methyl sites for hydroxylation is 1. The number of aromatic nitrogens is 2. The number of nitrogens with zero attached hydrogens (tertiary/aromatic N) is 2. The van der Waals surface area contributed by atoms with Gasteiger partial charge >= 0.3 is 0 Å². The monoisotopic (exact) mass is 359 g/mol. The van der Waals surface area contributed by atoms with Gasteiger partial charge in [-0.1, -0.05) is 12.1 Å². The fraction of sp³-hybridized carbons (Fsp3) is 0.125. The van der Waals surface area contributed by atoms with E-state index in [2.05, 4.69) is 21.2 Å². The SMILES string of the molecule is Cn1ccc2c(ccn2CC(=O)Nc2ccccc2Br)c1=O. The summed E-state index contributed by atoms with van der Waals surface area (Å²) in [7, 11) is 1.71. The van der Waals surface area contributed by atoms with Gasteiger partial charge in [-0.15, -0.1) is 0 Å². The second-order valence-electron chi connectivity index (χ2n) is 5.00. The highest BCUT2D eigenvalue weighted by atomic mass is 79.9. The molecule has 3 aromatic rings. The van der Waals surface area contributed by atoms with E-state index >= 15 is 0 Å². The summed E-state index contributed by atoms with van der Waals surface area (Å²) in [6.07, 6.45) is 3.46. The number of para-hydroxylation sites is 1. The number of benzene rings is 1. The van der Waals surface area contributed by atoms with Crippen molar-refractivity contribution in [2.75, 3.05) is 5.32 Å². The second kappa shape index (κ2) is 5.81. The fourth-order valence-corrected chi connectivity index (χ4v) is 2.72. The van der Waals surface area contributed by atoms with Gasteiger partial charge < -0.3 is 14.5 Å². The number of halogens is 1. The molecule has 0 aliphatic carbocycles. The van der Waals surface area contributed by atoms with E-state index in [1.807, 2.05) is 30.3 Å². The van der Waals surface area contributed by atoms with Crippen molar-refractivity contribution in [1.82, 2.24) is 9.13 Å². The van der Waals surface area contributed by atoms with Crippen LogP contribution in [0.3, 0.4) is 0 Å². The summed E-state index contributed by atoms with van der Waals surface area (Å²) in [5.74, 6) is -0.148. The number of fused-ring (bicyclic) bond motifs is 1. The molecule has 6 heteroatoms. The summed E-state index contributed by atoms with van der Waals surface area (Å²) >= 11 is 3.39. The molecular weight excluding hydrogens is 346 g/mol. The lowest BCUT2D eigenvalue weighted by Crippen LogP contribution is -2.19. The number of rotatable bonds is 3. The number of anilines is 1. The molecule has 0 unspecified atom stereocenters. The highest BCUT2D eigenvalue weighted by Crippen LogP contribution is 2.21. The van der Waals surface area contributed by atoms with Crippen LogP contribution in [0.4, 0.5) is 5.69 Å². The molecule has 0 spiro atoms. The van der Waals surface area contributed by atoms with Gasteiger partial charge in [-0.05, 0) is 40.2 Å². The van der Waals surface area contributed by atoms with E-state index in [9.17, 15) is 9.59 Å². The molecule has 0 aliphatic heterocycles. The van der Waals surface area contributed by atoms with E-state index in [0.29, 0.717) is 5.39 Å². The highest BCUT2D eigenvalue weighted by Gasteiger charge is 2.10. The summed E-state index contributed by atoms with van der Waals surface area (Å²) in [4.78, 5) is 24.2. The quantitative estimate of drug-likeness (QED) is 0.781. The molecule has 1 amide bonds. The van der Waals surface area contributed by atoms with Crippen LogP contribution in [0.25, 0.3) is 10.9 Å². The normalized spacial score (nSPS) is 10.8. The van der Waals surface area contributed by atoms with Crippen molar-refractivity contribution >= 4 is 38.4 Å². The zero-order valence-electron chi connectivity index (χ0n) is 11.9. The van der Waals surface area contributed by atoms with Crippen molar-refractivity contribution in [1.29, 1.82) is 0 Å². The Morgan fingerprint density at radius 2 is 1.95 bits per heavy atom. The van der Waals surface area contributed by atoms with Crippen molar-refractivity contribution < 1.29 is 4.79 Å². The van der Waals surface area contributed by atoms with Gasteiger partial charge in [-0.2, -0.15) is 0 Å². The smallest absolute Gasteiger partial charge is 0.259 e. The third kappa shape index (κ3) is 2.69. The van der Waals surface area contributed by atoms with Gasteiger partial charge in [0.2, 0.25) is 5.91 Å². The van der Waals surface area contributed by atoms with Crippen molar-refractivity contribution in [3.05, 3.63) is 63.6 Å². The Hall–Kier alpha value is -2.34. The van der Waals surface area contributed by atoms with Crippen LogP contribution in [-0.4, -0.2) is 15.0 Å². The molecule has 2 heterocycles. The van der Waals surface area contributed by atoms with Gasteiger partial charge in [-0.25, -0.2) is 0 Å². The van der Waals surface area contributed by atoms with Gasteiger partial charge in [0.1, 0.15) is 6.54 Å². The maximum absolute atomic E-state index is 12.2. The Bertz CT molecular complexity index is 911. The van der Waals surface area contributed by atoms with Crippen molar-refractivity contribution in [2.45, 2.75) is 6.54 Å². The molecule has 0 saturated carbocycles. The largest absolute Gasteiger partial charge is 0.338 e. The first kappa shape index (κ1) is 14.6. The van der Waals surface area contributed by atoms with Crippen LogP contribution in [0, 0.1) is 0 Å². The van der Waals surface area contributed by atoms with E-state index in [1.165, 1.54) is 4.57 Å². The number of pyridine rings is 1. The van der Waals surface area contributed by atoms with Crippen molar-refractivity contribution in [3.63, 3.8) is 0 Å². The van der Waals surface area contributed by atoms with Crippen LogP contribution < -0.4 is 10.9 Å². The van der Waals surface area contributed by atoms with E-state index in [1.54, 1.807) is 30.1 Å². The number of carbonyl (C=O) groups is 1. The molecule has 0 saturated heterocycles. The Balaban J connectivity index is 1.85. The zero-order chi connectivity index (χ0) is 15.7. The van der Waals surface area contributed by atoms with Crippen LogP contribution in [0.15, 0.2) is 58.1 Å². The number of hydrogen-bond donors (Lipinski definition) is 1. The molecule has 112 valence electrons. The van der Waals surface area contributed by atoms with E-state index < -0.39 is 0 Å². The third-order valence-electron chi connectivity index (χ3n) is 3.48. The minimum Gasteiger partial charge on any atom is -0.338 e. The lowest BCUT2D eigenvalue weighted by molar-refractivity contribution is -0.116. The summed E-state index contributed by atoms with van der Waals surface area (Å²) in [5, 5.41) is 3.46. The average molecular weight is 360 g/mol. The molecule has 0 fully saturated rings. The van der Waals surface area contributed by atoms with E-state index in [-0.39, 0.29) is 18.0 Å². The van der Waals surface area contributed by atoms with E-state index in [0.717, 1.165) is 15.7 Å². The Labute approximate surface area is 135 Å². The molecule has 2 aromatic heterocycles. The molecule has 0 aliphatic rings. The Morgan fingerprint density at radius 1 is 1.18 bits per heavy atom. The van der Waals surface area contributed by atoms with Gasteiger partial charge in [0.25, 0.3) is 5.56 Å². The summed E-state index contributed by atoms with van der Waals surface area (Å²) in [5.41, 5.74) is 1.41. The summed E-state index contributed by atoms with van der Waals surface area (Å²) in [6.45, 7) is 0.151. The maximum atomic E-state index is 12.2. The number of hydrogen-bond acceptors (Lipinski definition) is 2. The van der Waals surface area contributed by atoms with Gasteiger partial charge in [-0.3, -0.25) is 9.59 Å². The van der Waals surface area contributed by atoms with Crippen LogP contribution in [-0.2, 0) is 18.4 Å².